The van der Waals surface area contributed by atoms with Gasteiger partial charge in [0, 0.05) is 35.8 Å². The van der Waals surface area contributed by atoms with Crippen molar-refractivity contribution in [3.63, 3.8) is 0 Å². The van der Waals surface area contributed by atoms with E-state index in [-0.39, 0.29) is 0 Å². The van der Waals surface area contributed by atoms with Gasteiger partial charge in [-0.25, -0.2) is 0 Å². The van der Waals surface area contributed by atoms with E-state index in [4.69, 9.17) is 0 Å². The first-order chi connectivity index (χ1) is 7.18. The molecule has 1 aliphatic heterocycles. The van der Waals surface area contributed by atoms with Gasteiger partial charge in [-0.3, -0.25) is 0 Å². The molecule has 82 valence electrons. The molecular weight excluding hydrogens is 252 g/mol. The number of anilines is 1. The van der Waals surface area contributed by atoms with Crippen LogP contribution in [0.1, 0.15) is 12.5 Å². The molecule has 1 atom stereocenters. The first-order valence-electron chi connectivity index (χ1n) is 5.42. The summed E-state index contributed by atoms with van der Waals surface area (Å²) in [7, 11) is 0. The molecule has 1 unspecified atom stereocenters. The van der Waals surface area contributed by atoms with Gasteiger partial charge in [0.05, 0.1) is 0 Å². The number of hydrogen-bond donors (Lipinski definition) is 1. The van der Waals surface area contributed by atoms with Crippen molar-refractivity contribution in [2.24, 2.45) is 0 Å². The highest BCUT2D eigenvalue weighted by atomic mass is 79.9. The van der Waals surface area contributed by atoms with Crippen molar-refractivity contribution < 1.29 is 0 Å². The molecule has 0 saturated carbocycles. The SMILES string of the molecule is Cc1ccc(Br)cc1N1CCNCC1C. The van der Waals surface area contributed by atoms with Gasteiger partial charge in [-0.15, -0.1) is 0 Å². The Morgan fingerprint density at radius 3 is 3.00 bits per heavy atom. The maximum Gasteiger partial charge on any atom is 0.0410 e. The molecular formula is C12H17BrN2. The van der Waals surface area contributed by atoms with Gasteiger partial charge in [-0.1, -0.05) is 22.0 Å². The Morgan fingerprint density at radius 1 is 1.47 bits per heavy atom. The second-order valence-electron chi connectivity index (χ2n) is 4.18. The quantitative estimate of drug-likeness (QED) is 0.843. The van der Waals surface area contributed by atoms with Gasteiger partial charge in [0.25, 0.3) is 0 Å². The summed E-state index contributed by atoms with van der Waals surface area (Å²) in [5.41, 5.74) is 2.71. The minimum absolute atomic E-state index is 0.576. The van der Waals surface area contributed by atoms with Crippen LogP contribution >= 0.6 is 15.9 Å². The smallest absolute Gasteiger partial charge is 0.0410 e. The largest absolute Gasteiger partial charge is 0.366 e. The summed E-state index contributed by atoms with van der Waals surface area (Å²) in [5, 5.41) is 3.41. The van der Waals surface area contributed by atoms with E-state index in [1.165, 1.54) is 11.3 Å². The molecule has 0 bridgehead atoms. The van der Waals surface area contributed by atoms with Crippen LogP contribution in [0.4, 0.5) is 5.69 Å². The van der Waals surface area contributed by atoms with E-state index in [2.05, 4.69) is 58.2 Å². The molecule has 2 rings (SSSR count). The summed E-state index contributed by atoms with van der Waals surface area (Å²) in [6, 6.07) is 7.07. The number of halogens is 1. The van der Waals surface area contributed by atoms with Crippen LogP contribution in [0.15, 0.2) is 22.7 Å². The monoisotopic (exact) mass is 268 g/mol. The number of piperazine rings is 1. The number of nitrogens with one attached hydrogen (secondary N) is 1. The predicted molar refractivity (Wildman–Crippen MR) is 68.6 cm³/mol. The number of nitrogens with zero attached hydrogens (tertiary/aromatic N) is 1. The van der Waals surface area contributed by atoms with Crippen molar-refractivity contribution >= 4 is 21.6 Å². The zero-order valence-corrected chi connectivity index (χ0v) is 10.8. The molecule has 1 aromatic rings. The average Bonchev–Trinajstić information content (AvgIpc) is 2.23. The van der Waals surface area contributed by atoms with Gasteiger partial charge in [-0.2, -0.15) is 0 Å². The van der Waals surface area contributed by atoms with Crippen molar-refractivity contribution in [2.45, 2.75) is 19.9 Å². The Kier molecular flexibility index (Phi) is 3.32. The standard InChI is InChI=1S/C12H17BrN2/c1-9-3-4-11(13)7-12(9)15-6-5-14-8-10(15)2/h3-4,7,10,14H,5-6,8H2,1-2H3. The normalized spacial score (nSPS) is 21.8. The van der Waals surface area contributed by atoms with Crippen LogP contribution in [0.3, 0.4) is 0 Å². The van der Waals surface area contributed by atoms with Crippen molar-refractivity contribution in [2.75, 3.05) is 24.5 Å². The fraction of sp³-hybridized carbons (Fsp3) is 0.500. The van der Waals surface area contributed by atoms with Crippen LogP contribution in [0.2, 0.25) is 0 Å². The van der Waals surface area contributed by atoms with Crippen LogP contribution in [-0.4, -0.2) is 25.7 Å². The van der Waals surface area contributed by atoms with E-state index in [1.54, 1.807) is 0 Å². The Morgan fingerprint density at radius 2 is 2.27 bits per heavy atom. The van der Waals surface area contributed by atoms with Crippen molar-refractivity contribution in [1.82, 2.24) is 5.32 Å². The maximum atomic E-state index is 3.54. The molecule has 0 amide bonds. The summed E-state index contributed by atoms with van der Waals surface area (Å²) in [5.74, 6) is 0. The minimum Gasteiger partial charge on any atom is -0.366 e. The summed E-state index contributed by atoms with van der Waals surface area (Å²) >= 11 is 3.54. The molecule has 2 nitrogen and oxygen atoms in total. The van der Waals surface area contributed by atoms with E-state index in [0.717, 1.165) is 24.1 Å². The zero-order chi connectivity index (χ0) is 10.8. The lowest BCUT2D eigenvalue weighted by Crippen LogP contribution is -2.50. The fourth-order valence-corrected chi connectivity index (χ4v) is 2.44. The Bertz CT molecular complexity index is 351. The summed E-state index contributed by atoms with van der Waals surface area (Å²) in [4.78, 5) is 2.48. The Labute approximate surface area is 99.8 Å². The van der Waals surface area contributed by atoms with Crippen molar-refractivity contribution in [3.05, 3.63) is 28.2 Å². The molecule has 3 heteroatoms. The summed E-state index contributed by atoms with van der Waals surface area (Å²) in [6.45, 7) is 7.70. The molecule has 0 aromatic heterocycles. The third-order valence-corrected chi connectivity index (χ3v) is 3.48. The van der Waals surface area contributed by atoms with Gasteiger partial charge in [-0.05, 0) is 31.5 Å². The molecule has 1 aliphatic rings. The van der Waals surface area contributed by atoms with E-state index in [0.29, 0.717) is 6.04 Å². The average molecular weight is 269 g/mol. The van der Waals surface area contributed by atoms with Gasteiger partial charge >= 0.3 is 0 Å². The van der Waals surface area contributed by atoms with Crippen LogP contribution in [0, 0.1) is 6.92 Å². The molecule has 1 N–H and O–H groups in total. The highest BCUT2D eigenvalue weighted by molar-refractivity contribution is 9.10. The van der Waals surface area contributed by atoms with Crippen LogP contribution in [-0.2, 0) is 0 Å². The van der Waals surface area contributed by atoms with Gasteiger partial charge in [0.1, 0.15) is 0 Å². The first-order valence-corrected chi connectivity index (χ1v) is 6.21. The van der Waals surface area contributed by atoms with E-state index in [9.17, 15) is 0 Å². The first kappa shape index (κ1) is 11.0. The molecule has 15 heavy (non-hydrogen) atoms. The zero-order valence-electron chi connectivity index (χ0n) is 9.26. The Balaban J connectivity index is 2.30. The number of hydrogen-bond acceptors (Lipinski definition) is 2. The van der Waals surface area contributed by atoms with E-state index >= 15 is 0 Å². The van der Waals surface area contributed by atoms with Gasteiger partial charge in [0.2, 0.25) is 0 Å². The van der Waals surface area contributed by atoms with E-state index < -0.39 is 0 Å². The van der Waals surface area contributed by atoms with Gasteiger partial charge in [0.15, 0.2) is 0 Å². The molecule has 1 fully saturated rings. The predicted octanol–water partition coefficient (Wildman–Crippen LogP) is 2.56. The topological polar surface area (TPSA) is 15.3 Å². The number of aryl methyl sites for hydroxylation is 1. The summed E-state index contributed by atoms with van der Waals surface area (Å²) < 4.78 is 1.16. The highest BCUT2D eigenvalue weighted by Gasteiger charge is 2.19. The maximum absolute atomic E-state index is 3.54. The number of benzene rings is 1. The minimum atomic E-state index is 0.576. The van der Waals surface area contributed by atoms with Crippen LogP contribution in [0.5, 0.6) is 0 Å². The van der Waals surface area contributed by atoms with Crippen LogP contribution < -0.4 is 10.2 Å². The third-order valence-electron chi connectivity index (χ3n) is 2.98. The molecule has 0 aliphatic carbocycles. The summed E-state index contributed by atoms with van der Waals surface area (Å²) in [6.07, 6.45) is 0. The molecule has 0 spiro atoms. The molecule has 1 heterocycles. The van der Waals surface area contributed by atoms with Gasteiger partial charge < -0.3 is 10.2 Å². The fourth-order valence-electron chi connectivity index (χ4n) is 2.09. The Hall–Kier alpha value is -0.540. The molecule has 0 radical (unpaired) electrons. The van der Waals surface area contributed by atoms with Crippen molar-refractivity contribution in [3.8, 4) is 0 Å². The molecule has 1 saturated heterocycles. The third kappa shape index (κ3) is 2.34. The molecule has 1 aromatic carbocycles. The lowest BCUT2D eigenvalue weighted by molar-refractivity contribution is 0.500. The second kappa shape index (κ2) is 4.54. The lowest BCUT2D eigenvalue weighted by atomic mass is 10.1. The van der Waals surface area contributed by atoms with Crippen molar-refractivity contribution in [1.29, 1.82) is 0 Å². The van der Waals surface area contributed by atoms with E-state index in [1.807, 2.05) is 0 Å². The second-order valence-corrected chi connectivity index (χ2v) is 5.09. The highest BCUT2D eigenvalue weighted by Crippen LogP contribution is 2.26. The lowest BCUT2D eigenvalue weighted by Gasteiger charge is -2.37. The number of rotatable bonds is 1. The van der Waals surface area contributed by atoms with Crippen LogP contribution in [0.25, 0.3) is 0 Å².